The average Bonchev–Trinajstić information content (AvgIpc) is 3.20. The molecule has 0 fully saturated rings. The number of hydrogen-bond acceptors (Lipinski definition) is 4. The number of benzene rings is 1. The zero-order valence-corrected chi connectivity index (χ0v) is 14.4. The van der Waals surface area contributed by atoms with Crippen LogP contribution in [0.15, 0.2) is 41.2 Å². The summed E-state index contributed by atoms with van der Waals surface area (Å²) >= 11 is 1.51. The first kappa shape index (κ1) is 16.2. The molecule has 0 atom stereocenters. The van der Waals surface area contributed by atoms with Crippen molar-refractivity contribution in [3.63, 3.8) is 0 Å². The van der Waals surface area contributed by atoms with Gasteiger partial charge in [0.05, 0.1) is 29.1 Å². The second-order valence-electron chi connectivity index (χ2n) is 5.48. The molecule has 2 N–H and O–H groups in total. The van der Waals surface area contributed by atoms with Crippen LogP contribution in [-0.4, -0.2) is 20.8 Å². The van der Waals surface area contributed by atoms with Crippen molar-refractivity contribution in [3.8, 4) is 5.69 Å². The molecule has 0 bridgehead atoms. The molecule has 7 heteroatoms. The van der Waals surface area contributed by atoms with Gasteiger partial charge in [-0.15, -0.1) is 11.3 Å². The topological polar surface area (TPSA) is 71.8 Å². The Morgan fingerprint density at radius 2 is 2.00 bits per heavy atom. The molecule has 3 aromatic rings. The highest BCUT2D eigenvalue weighted by Gasteiger charge is 2.09. The first-order valence-electron chi connectivity index (χ1n) is 7.64. The van der Waals surface area contributed by atoms with Crippen molar-refractivity contribution in [2.24, 2.45) is 0 Å². The van der Waals surface area contributed by atoms with Crippen LogP contribution in [-0.2, 0) is 13.1 Å². The second-order valence-corrected chi connectivity index (χ2v) is 6.20. The molecule has 2 aromatic heterocycles. The number of nitrogens with zero attached hydrogens (tertiary/aromatic N) is 3. The molecule has 3 rings (SSSR count). The van der Waals surface area contributed by atoms with Crippen molar-refractivity contribution in [3.05, 3.63) is 63.9 Å². The smallest absolute Gasteiger partial charge is 0.315 e. The van der Waals surface area contributed by atoms with Crippen LogP contribution < -0.4 is 10.6 Å². The lowest BCUT2D eigenvalue weighted by atomic mass is 10.1. The maximum atomic E-state index is 12.0. The van der Waals surface area contributed by atoms with E-state index in [1.54, 1.807) is 5.51 Å². The molecular formula is C17H19N5OS. The van der Waals surface area contributed by atoms with E-state index >= 15 is 0 Å². The first-order valence-corrected chi connectivity index (χ1v) is 8.58. The lowest BCUT2D eigenvalue weighted by Gasteiger charge is -2.12. The van der Waals surface area contributed by atoms with Crippen LogP contribution in [0.2, 0.25) is 0 Å². The minimum absolute atomic E-state index is 0.217. The minimum atomic E-state index is -0.217. The Balaban J connectivity index is 1.65. The number of urea groups is 1. The van der Waals surface area contributed by atoms with Crippen LogP contribution >= 0.6 is 11.3 Å². The summed E-state index contributed by atoms with van der Waals surface area (Å²) in [5, 5.41) is 12.1. The van der Waals surface area contributed by atoms with Crippen molar-refractivity contribution in [1.29, 1.82) is 0 Å². The van der Waals surface area contributed by atoms with E-state index in [0.29, 0.717) is 13.1 Å². The van der Waals surface area contributed by atoms with Crippen LogP contribution in [0.4, 0.5) is 4.79 Å². The van der Waals surface area contributed by atoms with E-state index in [4.69, 9.17) is 0 Å². The third-order valence-electron chi connectivity index (χ3n) is 3.58. The first-order chi connectivity index (χ1) is 11.6. The molecule has 0 spiro atoms. The number of thiazole rings is 1. The molecule has 0 saturated heterocycles. The van der Waals surface area contributed by atoms with Crippen LogP contribution in [0.25, 0.3) is 5.69 Å². The van der Waals surface area contributed by atoms with Gasteiger partial charge in [-0.05, 0) is 31.5 Å². The summed E-state index contributed by atoms with van der Waals surface area (Å²) in [7, 11) is 0. The zero-order chi connectivity index (χ0) is 16.9. The molecule has 2 amide bonds. The number of para-hydroxylation sites is 1. The van der Waals surface area contributed by atoms with Crippen molar-refractivity contribution in [1.82, 2.24) is 25.4 Å². The molecule has 0 unspecified atom stereocenters. The fourth-order valence-electron chi connectivity index (χ4n) is 2.47. The average molecular weight is 341 g/mol. The third-order valence-corrected chi connectivity index (χ3v) is 4.22. The fraction of sp³-hybridized carbons (Fsp3) is 0.235. The molecule has 2 heterocycles. The van der Waals surface area contributed by atoms with Gasteiger partial charge in [0, 0.05) is 17.6 Å². The molecule has 0 saturated carbocycles. The Morgan fingerprint density at radius 3 is 2.71 bits per heavy atom. The number of amides is 2. The number of aryl methyl sites for hydroxylation is 2. The van der Waals surface area contributed by atoms with E-state index in [1.165, 1.54) is 11.3 Å². The van der Waals surface area contributed by atoms with Crippen LogP contribution in [0.1, 0.15) is 22.6 Å². The van der Waals surface area contributed by atoms with Crippen molar-refractivity contribution >= 4 is 17.4 Å². The maximum Gasteiger partial charge on any atom is 0.315 e. The van der Waals surface area contributed by atoms with Gasteiger partial charge in [0.2, 0.25) is 0 Å². The van der Waals surface area contributed by atoms with Gasteiger partial charge in [-0.1, -0.05) is 18.2 Å². The number of carbonyl (C=O) groups is 1. The molecule has 1 aromatic carbocycles. The largest absolute Gasteiger partial charge is 0.334 e. The monoisotopic (exact) mass is 341 g/mol. The van der Waals surface area contributed by atoms with E-state index in [1.807, 2.05) is 54.2 Å². The highest BCUT2D eigenvalue weighted by Crippen LogP contribution is 2.16. The number of aromatic nitrogens is 3. The number of nitrogens with one attached hydrogen (secondary N) is 2. The van der Waals surface area contributed by atoms with E-state index in [9.17, 15) is 4.79 Å². The van der Waals surface area contributed by atoms with Gasteiger partial charge in [0.15, 0.2) is 0 Å². The molecule has 0 aliphatic heterocycles. The highest BCUT2D eigenvalue weighted by atomic mass is 32.1. The van der Waals surface area contributed by atoms with Gasteiger partial charge in [-0.25, -0.2) is 14.5 Å². The Hall–Kier alpha value is -2.67. The van der Waals surface area contributed by atoms with Crippen LogP contribution in [0, 0.1) is 13.8 Å². The van der Waals surface area contributed by atoms with E-state index < -0.39 is 0 Å². The minimum Gasteiger partial charge on any atom is -0.334 e. The summed E-state index contributed by atoms with van der Waals surface area (Å²) in [5.74, 6) is 0. The van der Waals surface area contributed by atoms with E-state index in [-0.39, 0.29) is 6.03 Å². The SMILES string of the molecule is Cc1cc(C)n(-c2ccccc2CNC(=O)NCc2cscn2)n1. The van der Waals surface area contributed by atoms with Crippen LogP contribution in [0.5, 0.6) is 0 Å². The van der Waals surface area contributed by atoms with Crippen LogP contribution in [0.3, 0.4) is 0 Å². The van der Waals surface area contributed by atoms with E-state index in [2.05, 4.69) is 20.7 Å². The molecule has 0 aliphatic rings. The predicted octanol–water partition coefficient (Wildman–Crippen LogP) is 2.95. The number of rotatable bonds is 5. The Labute approximate surface area is 144 Å². The van der Waals surface area contributed by atoms with Gasteiger partial charge in [-0.2, -0.15) is 5.10 Å². The van der Waals surface area contributed by atoms with Crippen molar-refractivity contribution in [2.75, 3.05) is 0 Å². The fourth-order valence-corrected chi connectivity index (χ4v) is 3.03. The zero-order valence-electron chi connectivity index (χ0n) is 13.6. The lowest BCUT2D eigenvalue weighted by molar-refractivity contribution is 0.240. The second kappa shape index (κ2) is 7.27. The normalized spacial score (nSPS) is 10.6. The van der Waals surface area contributed by atoms with Gasteiger partial charge in [-0.3, -0.25) is 0 Å². The maximum absolute atomic E-state index is 12.0. The number of carbonyl (C=O) groups excluding carboxylic acids is 1. The van der Waals surface area contributed by atoms with Crippen molar-refractivity contribution in [2.45, 2.75) is 26.9 Å². The molecule has 0 aliphatic carbocycles. The summed E-state index contributed by atoms with van der Waals surface area (Å²) in [4.78, 5) is 16.1. The Kier molecular flexibility index (Phi) is 4.90. The molecule has 24 heavy (non-hydrogen) atoms. The highest BCUT2D eigenvalue weighted by molar-refractivity contribution is 7.07. The Morgan fingerprint density at radius 1 is 1.21 bits per heavy atom. The quantitative estimate of drug-likeness (QED) is 0.749. The summed E-state index contributed by atoms with van der Waals surface area (Å²) in [6, 6.07) is 9.74. The van der Waals surface area contributed by atoms with Gasteiger partial charge >= 0.3 is 6.03 Å². The predicted molar refractivity (Wildman–Crippen MR) is 94.2 cm³/mol. The van der Waals surface area contributed by atoms with Gasteiger partial charge in [0.25, 0.3) is 0 Å². The summed E-state index contributed by atoms with van der Waals surface area (Å²) in [5.41, 5.74) is 6.62. The third kappa shape index (κ3) is 3.80. The lowest BCUT2D eigenvalue weighted by Crippen LogP contribution is -2.34. The summed E-state index contributed by atoms with van der Waals surface area (Å²) in [6.07, 6.45) is 0. The van der Waals surface area contributed by atoms with Gasteiger partial charge in [0.1, 0.15) is 0 Å². The molecular weight excluding hydrogens is 322 g/mol. The standard InChI is InChI=1S/C17H19N5OS/c1-12-7-13(2)22(21-12)16-6-4-3-5-14(16)8-18-17(23)19-9-15-10-24-11-20-15/h3-7,10-11H,8-9H2,1-2H3,(H2,18,19,23). The van der Waals surface area contributed by atoms with Gasteiger partial charge < -0.3 is 10.6 Å². The van der Waals surface area contributed by atoms with E-state index in [0.717, 1.165) is 28.3 Å². The molecule has 0 radical (unpaired) electrons. The van der Waals surface area contributed by atoms with Crippen molar-refractivity contribution < 1.29 is 4.79 Å². The molecule has 6 nitrogen and oxygen atoms in total. The summed E-state index contributed by atoms with van der Waals surface area (Å²) < 4.78 is 1.90. The summed E-state index contributed by atoms with van der Waals surface area (Å²) in [6.45, 7) is 4.84. The Bertz CT molecular complexity index is 825. The number of hydrogen-bond donors (Lipinski definition) is 2. The molecule has 124 valence electrons.